The van der Waals surface area contributed by atoms with Gasteiger partial charge < -0.3 is 16.4 Å². The summed E-state index contributed by atoms with van der Waals surface area (Å²) in [7, 11) is 0. The lowest BCUT2D eigenvalue weighted by molar-refractivity contribution is -0.111. The Bertz CT molecular complexity index is 430. The molecule has 5 nitrogen and oxygen atoms in total. The Hall–Kier alpha value is -2.14. The maximum absolute atomic E-state index is 11.8. The number of nitrogens with two attached hydrogens (primary N) is 1. The molecule has 90 valence electrons. The average Bonchev–Trinajstić information content (AvgIpc) is 2.36. The lowest BCUT2D eigenvalue weighted by atomic mass is 10.1. The van der Waals surface area contributed by atoms with E-state index >= 15 is 0 Å². The van der Waals surface area contributed by atoms with Crippen molar-refractivity contribution in [3.05, 3.63) is 42.5 Å². The van der Waals surface area contributed by atoms with Crippen LogP contribution in [0.3, 0.4) is 0 Å². The quantitative estimate of drug-likeness (QED) is 0.647. The van der Waals surface area contributed by atoms with Gasteiger partial charge in [0.25, 0.3) is 5.91 Å². The van der Waals surface area contributed by atoms with Crippen molar-refractivity contribution >= 4 is 17.5 Å². The SMILES string of the molecule is C=CC(=O)Nc1ccccc1C(=O)NCCN. The molecule has 17 heavy (non-hydrogen) atoms. The molecule has 0 spiro atoms. The molecule has 0 saturated carbocycles. The normalized spacial score (nSPS) is 9.47. The Morgan fingerprint density at radius 3 is 2.71 bits per heavy atom. The van der Waals surface area contributed by atoms with Crippen LogP contribution in [0.15, 0.2) is 36.9 Å². The predicted octanol–water partition coefficient (Wildman–Crippen LogP) is 0.500. The van der Waals surface area contributed by atoms with Gasteiger partial charge in [0.1, 0.15) is 0 Å². The van der Waals surface area contributed by atoms with Gasteiger partial charge in [0, 0.05) is 13.1 Å². The van der Waals surface area contributed by atoms with Crippen molar-refractivity contribution in [2.24, 2.45) is 5.73 Å². The minimum absolute atomic E-state index is 0.268. The molecule has 0 aliphatic carbocycles. The highest BCUT2D eigenvalue weighted by molar-refractivity contribution is 6.06. The van der Waals surface area contributed by atoms with Gasteiger partial charge in [-0.3, -0.25) is 9.59 Å². The van der Waals surface area contributed by atoms with Gasteiger partial charge in [-0.1, -0.05) is 18.7 Å². The molecule has 0 saturated heterocycles. The predicted molar refractivity (Wildman–Crippen MR) is 66.7 cm³/mol. The summed E-state index contributed by atoms with van der Waals surface area (Å²) in [6.45, 7) is 4.11. The number of carbonyl (C=O) groups excluding carboxylic acids is 2. The van der Waals surface area contributed by atoms with E-state index in [4.69, 9.17) is 5.73 Å². The summed E-state index contributed by atoms with van der Waals surface area (Å²) in [5.74, 6) is -0.625. The highest BCUT2D eigenvalue weighted by Gasteiger charge is 2.10. The molecular formula is C12H15N3O2. The third-order valence-electron chi connectivity index (χ3n) is 2.04. The number of amides is 2. The molecule has 1 aromatic rings. The van der Waals surface area contributed by atoms with E-state index in [2.05, 4.69) is 17.2 Å². The molecule has 0 aromatic heterocycles. The minimum Gasteiger partial charge on any atom is -0.351 e. The molecular weight excluding hydrogens is 218 g/mol. The lowest BCUT2D eigenvalue weighted by Gasteiger charge is -2.09. The zero-order valence-electron chi connectivity index (χ0n) is 9.40. The van der Waals surface area contributed by atoms with E-state index in [9.17, 15) is 9.59 Å². The van der Waals surface area contributed by atoms with Crippen molar-refractivity contribution in [3.8, 4) is 0 Å². The number of anilines is 1. The smallest absolute Gasteiger partial charge is 0.253 e. The van der Waals surface area contributed by atoms with E-state index in [1.807, 2.05) is 0 Å². The van der Waals surface area contributed by atoms with Gasteiger partial charge in [-0.25, -0.2) is 0 Å². The number of benzene rings is 1. The Kier molecular flexibility index (Phi) is 4.90. The van der Waals surface area contributed by atoms with Crippen molar-refractivity contribution in [2.45, 2.75) is 0 Å². The first kappa shape index (κ1) is 12.9. The van der Waals surface area contributed by atoms with Gasteiger partial charge in [-0.2, -0.15) is 0 Å². The highest BCUT2D eigenvalue weighted by Crippen LogP contribution is 2.14. The second-order valence-corrected chi connectivity index (χ2v) is 3.28. The van der Waals surface area contributed by atoms with Crippen molar-refractivity contribution < 1.29 is 9.59 Å². The second-order valence-electron chi connectivity index (χ2n) is 3.28. The van der Waals surface area contributed by atoms with Crippen LogP contribution >= 0.6 is 0 Å². The molecule has 0 heterocycles. The van der Waals surface area contributed by atoms with Crippen LogP contribution in [-0.4, -0.2) is 24.9 Å². The van der Waals surface area contributed by atoms with Crippen LogP contribution in [0.5, 0.6) is 0 Å². The summed E-state index contributed by atoms with van der Waals surface area (Å²) in [5.41, 5.74) is 6.15. The van der Waals surface area contributed by atoms with E-state index in [-0.39, 0.29) is 11.8 Å². The van der Waals surface area contributed by atoms with Crippen molar-refractivity contribution in [3.63, 3.8) is 0 Å². The van der Waals surface area contributed by atoms with Crippen LogP contribution < -0.4 is 16.4 Å². The van der Waals surface area contributed by atoms with Gasteiger partial charge in [-0.05, 0) is 18.2 Å². The summed E-state index contributed by atoms with van der Waals surface area (Å²) in [6, 6.07) is 6.74. The van der Waals surface area contributed by atoms with E-state index in [1.54, 1.807) is 24.3 Å². The number of hydrogen-bond donors (Lipinski definition) is 3. The topological polar surface area (TPSA) is 84.2 Å². The second kappa shape index (κ2) is 6.44. The first-order chi connectivity index (χ1) is 8.19. The summed E-state index contributed by atoms with van der Waals surface area (Å²) in [4.78, 5) is 22.9. The third-order valence-corrected chi connectivity index (χ3v) is 2.04. The average molecular weight is 233 g/mol. The van der Waals surface area contributed by atoms with E-state index in [0.717, 1.165) is 6.08 Å². The van der Waals surface area contributed by atoms with E-state index < -0.39 is 0 Å². The Morgan fingerprint density at radius 1 is 1.35 bits per heavy atom. The summed E-state index contributed by atoms with van der Waals surface area (Å²) >= 11 is 0. The maximum Gasteiger partial charge on any atom is 0.253 e. The molecule has 0 aliphatic heterocycles. The van der Waals surface area contributed by atoms with Crippen LogP contribution in [0.1, 0.15) is 10.4 Å². The molecule has 1 aromatic carbocycles. The first-order valence-corrected chi connectivity index (χ1v) is 5.19. The molecule has 4 N–H and O–H groups in total. The molecule has 0 radical (unpaired) electrons. The van der Waals surface area contributed by atoms with Gasteiger partial charge in [0.2, 0.25) is 5.91 Å². The van der Waals surface area contributed by atoms with Crippen LogP contribution in [-0.2, 0) is 4.79 Å². The Morgan fingerprint density at radius 2 is 2.06 bits per heavy atom. The van der Waals surface area contributed by atoms with Gasteiger partial charge >= 0.3 is 0 Å². The third kappa shape index (κ3) is 3.73. The molecule has 0 aliphatic rings. The summed E-state index contributed by atoms with van der Waals surface area (Å²) in [6.07, 6.45) is 1.15. The Balaban J connectivity index is 2.87. The molecule has 0 unspecified atom stereocenters. The zero-order valence-corrected chi connectivity index (χ0v) is 9.40. The largest absolute Gasteiger partial charge is 0.351 e. The van der Waals surface area contributed by atoms with Crippen LogP contribution in [0.25, 0.3) is 0 Å². The molecule has 0 bridgehead atoms. The minimum atomic E-state index is -0.357. The van der Waals surface area contributed by atoms with Crippen LogP contribution in [0.2, 0.25) is 0 Å². The fourth-order valence-electron chi connectivity index (χ4n) is 1.25. The van der Waals surface area contributed by atoms with Crippen molar-refractivity contribution in [1.29, 1.82) is 0 Å². The summed E-state index contributed by atoms with van der Waals surface area (Å²) < 4.78 is 0. The standard InChI is InChI=1S/C12H15N3O2/c1-2-11(16)15-10-6-4-3-5-9(10)12(17)14-8-7-13/h2-6H,1,7-8,13H2,(H,14,17)(H,15,16). The monoisotopic (exact) mass is 233 g/mol. The van der Waals surface area contributed by atoms with Gasteiger partial charge in [0.15, 0.2) is 0 Å². The molecule has 0 atom stereocenters. The first-order valence-electron chi connectivity index (χ1n) is 5.19. The number of para-hydroxylation sites is 1. The Labute approximate surface area is 99.7 Å². The van der Waals surface area contributed by atoms with E-state index in [0.29, 0.717) is 24.3 Å². The van der Waals surface area contributed by atoms with Gasteiger partial charge in [0.05, 0.1) is 11.3 Å². The number of rotatable bonds is 5. The fraction of sp³-hybridized carbons (Fsp3) is 0.167. The maximum atomic E-state index is 11.8. The van der Waals surface area contributed by atoms with E-state index in [1.165, 1.54) is 0 Å². The number of hydrogen-bond acceptors (Lipinski definition) is 3. The zero-order chi connectivity index (χ0) is 12.7. The summed E-state index contributed by atoms with van der Waals surface area (Å²) in [5, 5.41) is 5.21. The lowest BCUT2D eigenvalue weighted by Crippen LogP contribution is -2.29. The molecule has 5 heteroatoms. The highest BCUT2D eigenvalue weighted by atomic mass is 16.2. The number of nitrogens with one attached hydrogen (secondary N) is 2. The molecule has 1 rings (SSSR count). The molecule has 2 amide bonds. The molecule has 0 fully saturated rings. The van der Waals surface area contributed by atoms with Crippen LogP contribution in [0.4, 0.5) is 5.69 Å². The van der Waals surface area contributed by atoms with Gasteiger partial charge in [-0.15, -0.1) is 0 Å². The number of carbonyl (C=O) groups is 2. The fourth-order valence-corrected chi connectivity index (χ4v) is 1.25. The van der Waals surface area contributed by atoms with Crippen molar-refractivity contribution in [1.82, 2.24) is 5.32 Å². The van der Waals surface area contributed by atoms with Crippen LogP contribution in [0, 0.1) is 0 Å². The van der Waals surface area contributed by atoms with Crippen molar-refractivity contribution in [2.75, 3.05) is 18.4 Å².